The highest BCUT2D eigenvalue weighted by atomic mass is 32.1. The average Bonchev–Trinajstić information content (AvgIpc) is 3.13. The van der Waals surface area contributed by atoms with Gasteiger partial charge >= 0.3 is 5.97 Å². The largest absolute Gasteiger partial charge is 0.488 e. The second-order valence-corrected chi connectivity index (χ2v) is 7.71. The Morgan fingerprint density at radius 3 is 2.79 bits per heavy atom. The van der Waals surface area contributed by atoms with Crippen LogP contribution >= 0.6 is 11.3 Å². The van der Waals surface area contributed by atoms with Crippen LogP contribution < -0.4 is 10.1 Å². The van der Waals surface area contributed by atoms with Crippen molar-refractivity contribution in [1.82, 2.24) is 0 Å². The van der Waals surface area contributed by atoms with Crippen LogP contribution in [-0.2, 0) is 16.1 Å². The number of fused-ring (bicyclic) bond motifs is 3. The number of thiophene rings is 1. The molecule has 1 atom stereocenters. The molecule has 6 heteroatoms. The van der Waals surface area contributed by atoms with Crippen molar-refractivity contribution >= 4 is 28.9 Å². The summed E-state index contributed by atoms with van der Waals surface area (Å²) in [4.78, 5) is 26.4. The number of anilines is 1. The number of carbonyl (C=O) groups excluding carboxylic acids is 2. The summed E-state index contributed by atoms with van der Waals surface area (Å²) in [7, 11) is 0. The number of benzene rings is 2. The smallest absolute Gasteiger partial charge is 0.349 e. The molecular formula is C22H19NO4S. The second-order valence-electron chi connectivity index (χ2n) is 6.66. The fraction of sp³-hybridized carbons (Fsp3) is 0.182. The lowest BCUT2D eigenvalue weighted by Gasteiger charge is -2.16. The predicted molar refractivity (Wildman–Crippen MR) is 109 cm³/mol. The van der Waals surface area contributed by atoms with Crippen LogP contribution in [0.1, 0.15) is 27.7 Å². The van der Waals surface area contributed by atoms with Gasteiger partial charge in [0, 0.05) is 21.7 Å². The molecule has 28 heavy (non-hydrogen) atoms. The Morgan fingerprint density at radius 2 is 1.96 bits per heavy atom. The summed E-state index contributed by atoms with van der Waals surface area (Å²) in [6.07, 6.45) is -0.907. The summed E-state index contributed by atoms with van der Waals surface area (Å²) in [5.41, 5.74) is 3.63. The monoisotopic (exact) mass is 393 g/mol. The molecule has 1 N–H and O–H groups in total. The van der Waals surface area contributed by atoms with Crippen LogP contribution in [0.15, 0.2) is 54.6 Å². The van der Waals surface area contributed by atoms with Gasteiger partial charge < -0.3 is 14.8 Å². The summed E-state index contributed by atoms with van der Waals surface area (Å²) in [5, 5.41) is 2.77. The minimum atomic E-state index is -0.907. The van der Waals surface area contributed by atoms with Crippen LogP contribution in [-0.4, -0.2) is 18.0 Å². The maximum atomic E-state index is 12.6. The van der Waals surface area contributed by atoms with Gasteiger partial charge in [-0.05, 0) is 49.7 Å². The van der Waals surface area contributed by atoms with Gasteiger partial charge in [0.2, 0.25) is 0 Å². The van der Waals surface area contributed by atoms with Gasteiger partial charge in [0.05, 0.1) is 0 Å². The van der Waals surface area contributed by atoms with E-state index in [1.165, 1.54) is 11.3 Å². The van der Waals surface area contributed by atoms with E-state index < -0.39 is 12.1 Å². The molecule has 2 heterocycles. The van der Waals surface area contributed by atoms with E-state index in [1.54, 1.807) is 19.1 Å². The van der Waals surface area contributed by atoms with Crippen molar-refractivity contribution in [2.75, 3.05) is 5.32 Å². The number of aryl methyl sites for hydroxylation is 1. The summed E-state index contributed by atoms with van der Waals surface area (Å²) in [5.74, 6) is -0.0691. The van der Waals surface area contributed by atoms with Gasteiger partial charge in [-0.25, -0.2) is 4.79 Å². The third-order valence-electron chi connectivity index (χ3n) is 4.46. The third-order valence-corrected chi connectivity index (χ3v) is 5.65. The van der Waals surface area contributed by atoms with Crippen LogP contribution in [0.2, 0.25) is 0 Å². The lowest BCUT2D eigenvalue weighted by molar-refractivity contribution is -0.123. The molecule has 1 aromatic heterocycles. The SMILES string of the molecule is Cc1cccc(NC(=O)[C@H](C)OC(=O)c2cc3c(s2)-c2ccccc2OC3)c1. The number of hydrogen-bond donors (Lipinski definition) is 1. The van der Waals surface area contributed by atoms with Gasteiger partial charge in [0.15, 0.2) is 6.10 Å². The molecule has 4 rings (SSSR count). The molecule has 5 nitrogen and oxygen atoms in total. The number of rotatable bonds is 4. The van der Waals surface area contributed by atoms with Gasteiger partial charge in [0.1, 0.15) is 17.2 Å². The minimum Gasteiger partial charge on any atom is -0.488 e. The molecule has 0 saturated carbocycles. The highest BCUT2D eigenvalue weighted by molar-refractivity contribution is 7.17. The quantitative estimate of drug-likeness (QED) is 0.647. The normalized spacial score (nSPS) is 12.9. The first-order valence-corrected chi connectivity index (χ1v) is 9.76. The van der Waals surface area contributed by atoms with Crippen LogP contribution in [0.3, 0.4) is 0 Å². The fourth-order valence-electron chi connectivity index (χ4n) is 3.04. The molecule has 0 radical (unpaired) electrons. The van der Waals surface area contributed by atoms with Gasteiger partial charge in [-0.2, -0.15) is 0 Å². The molecule has 1 aliphatic rings. The van der Waals surface area contributed by atoms with E-state index in [0.29, 0.717) is 17.2 Å². The second kappa shape index (κ2) is 7.48. The van der Waals surface area contributed by atoms with Crippen LogP contribution in [0, 0.1) is 6.92 Å². The lowest BCUT2D eigenvalue weighted by Crippen LogP contribution is -2.29. The summed E-state index contributed by atoms with van der Waals surface area (Å²) < 4.78 is 11.1. The molecule has 0 fully saturated rings. The first-order valence-electron chi connectivity index (χ1n) is 8.94. The molecule has 142 valence electrons. The fourth-order valence-corrected chi connectivity index (χ4v) is 4.12. The Labute approximate surface area is 166 Å². The zero-order valence-corrected chi connectivity index (χ0v) is 16.3. The molecule has 3 aromatic rings. The van der Waals surface area contributed by atoms with Gasteiger partial charge in [-0.15, -0.1) is 11.3 Å². The number of esters is 1. The van der Waals surface area contributed by atoms with E-state index in [-0.39, 0.29) is 5.91 Å². The molecule has 1 aliphatic heterocycles. The molecule has 0 bridgehead atoms. The average molecular weight is 393 g/mol. The van der Waals surface area contributed by atoms with Gasteiger partial charge in [-0.3, -0.25) is 4.79 Å². The Hall–Kier alpha value is -3.12. The maximum absolute atomic E-state index is 12.6. The van der Waals surface area contributed by atoms with E-state index in [1.807, 2.05) is 49.4 Å². The van der Waals surface area contributed by atoms with Crippen molar-refractivity contribution in [2.24, 2.45) is 0 Å². The Kier molecular flexibility index (Phi) is 4.88. The van der Waals surface area contributed by atoms with Crippen LogP contribution in [0.25, 0.3) is 10.4 Å². The van der Waals surface area contributed by atoms with Crippen molar-refractivity contribution in [3.05, 3.63) is 70.6 Å². The van der Waals surface area contributed by atoms with E-state index in [2.05, 4.69) is 5.32 Å². The van der Waals surface area contributed by atoms with Crippen LogP contribution in [0.5, 0.6) is 5.75 Å². The molecule has 1 amide bonds. The molecule has 0 unspecified atom stereocenters. The van der Waals surface area contributed by atoms with Crippen molar-refractivity contribution in [1.29, 1.82) is 0 Å². The van der Waals surface area contributed by atoms with E-state index in [9.17, 15) is 9.59 Å². The third kappa shape index (κ3) is 3.64. The number of amides is 1. The highest BCUT2D eigenvalue weighted by Gasteiger charge is 2.25. The zero-order chi connectivity index (χ0) is 19.7. The van der Waals surface area contributed by atoms with E-state index >= 15 is 0 Å². The van der Waals surface area contributed by atoms with Crippen molar-refractivity contribution in [3.63, 3.8) is 0 Å². The van der Waals surface area contributed by atoms with Crippen molar-refractivity contribution < 1.29 is 19.1 Å². The standard InChI is InChI=1S/C22H19NO4S/c1-13-6-5-7-16(10-13)23-21(24)14(2)27-22(25)19-11-15-12-26-18-9-4-3-8-17(18)20(15)28-19/h3-11,14H,12H2,1-2H3,(H,23,24)/t14-/m0/s1. The predicted octanol–water partition coefficient (Wildman–Crippen LogP) is 4.80. The summed E-state index contributed by atoms with van der Waals surface area (Å²) in [6.45, 7) is 3.92. The number of hydrogen-bond acceptors (Lipinski definition) is 5. The van der Waals surface area contributed by atoms with Crippen molar-refractivity contribution in [3.8, 4) is 16.2 Å². The lowest BCUT2D eigenvalue weighted by atomic mass is 10.1. The number of nitrogens with one attached hydrogen (secondary N) is 1. The highest BCUT2D eigenvalue weighted by Crippen LogP contribution is 2.42. The summed E-state index contributed by atoms with van der Waals surface area (Å²) in [6, 6.07) is 17.0. The van der Waals surface area contributed by atoms with Gasteiger partial charge in [0.25, 0.3) is 5.91 Å². The summed E-state index contributed by atoms with van der Waals surface area (Å²) >= 11 is 1.36. The maximum Gasteiger partial charge on any atom is 0.349 e. The Balaban J connectivity index is 1.46. The molecular weight excluding hydrogens is 374 g/mol. The molecule has 0 aliphatic carbocycles. The Morgan fingerprint density at radius 1 is 1.14 bits per heavy atom. The zero-order valence-electron chi connectivity index (χ0n) is 15.5. The number of carbonyl (C=O) groups is 2. The minimum absolute atomic E-state index is 0.367. The molecule has 2 aromatic carbocycles. The van der Waals surface area contributed by atoms with Gasteiger partial charge in [-0.1, -0.05) is 24.3 Å². The van der Waals surface area contributed by atoms with Crippen molar-refractivity contribution in [2.45, 2.75) is 26.6 Å². The number of ether oxygens (including phenoxy) is 2. The first kappa shape index (κ1) is 18.3. The Bertz CT molecular complexity index is 1060. The first-order chi connectivity index (χ1) is 13.5. The molecule has 0 spiro atoms. The van der Waals surface area contributed by atoms with E-state index in [4.69, 9.17) is 9.47 Å². The molecule has 0 saturated heterocycles. The number of para-hydroxylation sites is 1. The van der Waals surface area contributed by atoms with Crippen LogP contribution in [0.4, 0.5) is 5.69 Å². The topological polar surface area (TPSA) is 64.6 Å². The van der Waals surface area contributed by atoms with E-state index in [0.717, 1.165) is 27.3 Å².